The van der Waals surface area contributed by atoms with E-state index in [-0.39, 0.29) is 5.91 Å². The Morgan fingerprint density at radius 2 is 1.95 bits per heavy atom. The minimum absolute atomic E-state index is 0.0725. The van der Waals surface area contributed by atoms with E-state index in [4.69, 9.17) is 0 Å². The van der Waals surface area contributed by atoms with Crippen LogP contribution in [0.15, 0.2) is 29.2 Å². The Balaban J connectivity index is 2.01. The largest absolute Gasteiger partial charge is 0.349 e. The summed E-state index contributed by atoms with van der Waals surface area (Å²) in [6, 6.07) is 8.21. The maximum atomic E-state index is 12.5. The number of nitrogens with one attached hydrogen (secondary N) is 1. The first-order chi connectivity index (χ1) is 9.56. The third-order valence-corrected chi connectivity index (χ3v) is 4.63. The lowest BCUT2D eigenvalue weighted by atomic mass is 10.0. The molecule has 1 N–H and O–H groups in total. The quantitative estimate of drug-likeness (QED) is 0.866. The van der Waals surface area contributed by atoms with E-state index >= 15 is 0 Å². The first kappa shape index (κ1) is 15.4. The molecule has 0 spiro atoms. The molecule has 1 aromatic carbocycles. The highest BCUT2D eigenvalue weighted by Crippen LogP contribution is 2.26. The highest BCUT2D eigenvalue weighted by Gasteiger charge is 2.20. The van der Waals surface area contributed by atoms with Crippen LogP contribution in [0.4, 0.5) is 0 Å². The fourth-order valence-corrected chi connectivity index (χ4v) is 3.38. The molecule has 3 nitrogen and oxygen atoms in total. The first-order valence-corrected chi connectivity index (χ1v) is 8.19. The molecule has 0 aromatic heterocycles. The van der Waals surface area contributed by atoms with Gasteiger partial charge in [0.25, 0.3) is 5.91 Å². The molecule has 0 radical (unpaired) electrons. The fraction of sp³-hybridized carbons (Fsp3) is 0.562. The minimum Gasteiger partial charge on any atom is -0.349 e. The van der Waals surface area contributed by atoms with Crippen molar-refractivity contribution in [2.24, 2.45) is 0 Å². The predicted octanol–water partition coefficient (Wildman–Crippen LogP) is 3.01. The molecular weight excluding hydrogens is 268 g/mol. The summed E-state index contributed by atoms with van der Waals surface area (Å²) in [6.45, 7) is 6.42. The Hall–Kier alpha value is -1.00. The van der Waals surface area contributed by atoms with Crippen molar-refractivity contribution in [1.29, 1.82) is 0 Å². The standard InChI is InChI=1S/C16H24N2OS/c1-12(2)20-15-7-5-4-6-14(15)16(19)17-13-8-10-18(3)11-9-13/h4-7,12-13H,8-11H2,1-3H3,(H,17,19). The Morgan fingerprint density at radius 3 is 2.60 bits per heavy atom. The topological polar surface area (TPSA) is 32.3 Å². The zero-order chi connectivity index (χ0) is 14.5. The number of benzene rings is 1. The van der Waals surface area contributed by atoms with E-state index in [1.165, 1.54) is 0 Å². The number of nitrogens with zero attached hydrogens (tertiary/aromatic N) is 1. The lowest BCUT2D eigenvalue weighted by Crippen LogP contribution is -2.43. The molecule has 1 fully saturated rings. The molecule has 110 valence electrons. The Morgan fingerprint density at radius 1 is 1.30 bits per heavy atom. The number of carbonyl (C=O) groups is 1. The van der Waals surface area contributed by atoms with Crippen LogP contribution in [0.2, 0.25) is 0 Å². The molecule has 1 aromatic rings. The SMILES string of the molecule is CC(C)Sc1ccccc1C(=O)NC1CCN(C)CC1. The second kappa shape index (κ2) is 7.14. The number of hydrogen-bond donors (Lipinski definition) is 1. The van der Waals surface area contributed by atoms with Gasteiger partial charge in [-0.1, -0.05) is 26.0 Å². The van der Waals surface area contributed by atoms with Crippen molar-refractivity contribution in [1.82, 2.24) is 10.2 Å². The van der Waals surface area contributed by atoms with Crippen LogP contribution in [0.5, 0.6) is 0 Å². The van der Waals surface area contributed by atoms with Crippen LogP contribution in [-0.4, -0.2) is 42.2 Å². The number of hydrogen-bond acceptors (Lipinski definition) is 3. The Bertz CT molecular complexity index is 454. The van der Waals surface area contributed by atoms with Gasteiger partial charge >= 0.3 is 0 Å². The van der Waals surface area contributed by atoms with Gasteiger partial charge in [0.05, 0.1) is 5.56 Å². The van der Waals surface area contributed by atoms with Crippen molar-refractivity contribution in [2.45, 2.75) is 42.9 Å². The van der Waals surface area contributed by atoms with Crippen molar-refractivity contribution >= 4 is 17.7 Å². The summed E-state index contributed by atoms with van der Waals surface area (Å²) in [5, 5.41) is 3.67. The smallest absolute Gasteiger partial charge is 0.252 e. The average Bonchev–Trinajstić information content (AvgIpc) is 2.41. The summed E-state index contributed by atoms with van der Waals surface area (Å²) < 4.78 is 0. The van der Waals surface area contributed by atoms with Crippen LogP contribution >= 0.6 is 11.8 Å². The second-order valence-electron chi connectivity index (χ2n) is 5.71. The molecule has 0 saturated carbocycles. The van der Waals surface area contributed by atoms with E-state index in [2.05, 4.69) is 31.1 Å². The minimum atomic E-state index is 0.0725. The summed E-state index contributed by atoms with van der Waals surface area (Å²) >= 11 is 1.75. The van der Waals surface area contributed by atoms with Crippen molar-refractivity contribution in [3.8, 4) is 0 Å². The summed E-state index contributed by atoms with van der Waals surface area (Å²) in [5.41, 5.74) is 0.810. The van der Waals surface area contributed by atoms with Crippen LogP contribution < -0.4 is 5.32 Å². The van der Waals surface area contributed by atoms with Gasteiger partial charge in [0.15, 0.2) is 0 Å². The summed E-state index contributed by atoms with van der Waals surface area (Å²) in [6.07, 6.45) is 2.09. The lowest BCUT2D eigenvalue weighted by Gasteiger charge is -2.29. The third kappa shape index (κ3) is 4.25. The van der Waals surface area contributed by atoms with Crippen molar-refractivity contribution in [2.75, 3.05) is 20.1 Å². The van der Waals surface area contributed by atoms with E-state index in [1.807, 2.05) is 24.3 Å². The number of piperidine rings is 1. The van der Waals surface area contributed by atoms with E-state index in [0.29, 0.717) is 11.3 Å². The van der Waals surface area contributed by atoms with E-state index in [9.17, 15) is 4.79 Å². The molecule has 1 heterocycles. The molecule has 2 rings (SSSR count). The van der Waals surface area contributed by atoms with Crippen LogP contribution in [0, 0.1) is 0 Å². The molecule has 0 bridgehead atoms. The number of amides is 1. The molecule has 4 heteroatoms. The summed E-state index contributed by atoms with van der Waals surface area (Å²) in [7, 11) is 2.13. The van der Waals surface area contributed by atoms with Crippen LogP contribution in [0.1, 0.15) is 37.0 Å². The molecule has 0 aliphatic carbocycles. The molecule has 1 saturated heterocycles. The third-order valence-electron chi connectivity index (χ3n) is 3.55. The normalized spacial score (nSPS) is 17.4. The van der Waals surface area contributed by atoms with Crippen molar-refractivity contribution in [3.05, 3.63) is 29.8 Å². The van der Waals surface area contributed by atoms with Crippen LogP contribution in [0.25, 0.3) is 0 Å². The summed E-state index contributed by atoms with van der Waals surface area (Å²) in [5.74, 6) is 0.0725. The molecule has 0 atom stereocenters. The summed E-state index contributed by atoms with van der Waals surface area (Å²) in [4.78, 5) is 15.8. The maximum Gasteiger partial charge on any atom is 0.252 e. The highest BCUT2D eigenvalue weighted by molar-refractivity contribution is 8.00. The van der Waals surface area contributed by atoms with E-state index in [1.54, 1.807) is 11.8 Å². The van der Waals surface area contributed by atoms with Gasteiger partial charge in [-0.15, -0.1) is 11.8 Å². The number of likely N-dealkylation sites (tertiary alicyclic amines) is 1. The molecular formula is C16H24N2OS. The fourth-order valence-electron chi connectivity index (χ4n) is 2.43. The molecule has 1 amide bonds. The predicted molar refractivity (Wildman–Crippen MR) is 85.4 cm³/mol. The van der Waals surface area contributed by atoms with Gasteiger partial charge < -0.3 is 10.2 Å². The van der Waals surface area contributed by atoms with Gasteiger partial charge in [-0.2, -0.15) is 0 Å². The van der Waals surface area contributed by atoms with Gasteiger partial charge in [0, 0.05) is 16.2 Å². The lowest BCUT2D eigenvalue weighted by molar-refractivity contribution is 0.0914. The van der Waals surface area contributed by atoms with E-state index in [0.717, 1.165) is 36.4 Å². The Kier molecular flexibility index (Phi) is 5.49. The van der Waals surface area contributed by atoms with Crippen LogP contribution in [-0.2, 0) is 0 Å². The zero-order valence-electron chi connectivity index (χ0n) is 12.6. The van der Waals surface area contributed by atoms with Gasteiger partial charge in [-0.25, -0.2) is 0 Å². The second-order valence-corrected chi connectivity index (χ2v) is 7.33. The van der Waals surface area contributed by atoms with Crippen molar-refractivity contribution in [3.63, 3.8) is 0 Å². The average molecular weight is 292 g/mol. The van der Waals surface area contributed by atoms with Gasteiger partial charge in [-0.05, 0) is 45.1 Å². The monoisotopic (exact) mass is 292 g/mol. The number of thioether (sulfide) groups is 1. The first-order valence-electron chi connectivity index (χ1n) is 7.31. The molecule has 0 unspecified atom stereocenters. The van der Waals surface area contributed by atoms with Gasteiger partial charge in [0.2, 0.25) is 0 Å². The number of carbonyl (C=O) groups excluding carboxylic acids is 1. The van der Waals surface area contributed by atoms with Crippen molar-refractivity contribution < 1.29 is 4.79 Å². The number of rotatable bonds is 4. The van der Waals surface area contributed by atoms with Gasteiger partial charge in [-0.3, -0.25) is 4.79 Å². The Labute approximate surface area is 126 Å². The van der Waals surface area contributed by atoms with Crippen LogP contribution in [0.3, 0.4) is 0 Å². The molecule has 1 aliphatic heterocycles. The highest BCUT2D eigenvalue weighted by atomic mass is 32.2. The van der Waals surface area contributed by atoms with E-state index < -0.39 is 0 Å². The van der Waals surface area contributed by atoms with Gasteiger partial charge in [0.1, 0.15) is 0 Å². The molecule has 1 aliphatic rings. The maximum absolute atomic E-state index is 12.5. The zero-order valence-corrected chi connectivity index (χ0v) is 13.4. The molecule has 20 heavy (non-hydrogen) atoms.